The number of ether oxygens (including phenoxy) is 2. The van der Waals surface area contributed by atoms with Crippen LogP contribution in [-0.2, 0) is 4.74 Å². The van der Waals surface area contributed by atoms with E-state index in [0.717, 1.165) is 0 Å². The predicted octanol–water partition coefficient (Wildman–Crippen LogP) is 5.89. The smallest absolute Gasteiger partial charge is 0.422 e. The summed E-state index contributed by atoms with van der Waals surface area (Å²) in [5.41, 5.74) is 1.49. The van der Waals surface area contributed by atoms with Gasteiger partial charge in [0.15, 0.2) is 6.61 Å². The SMILES string of the molecule is C=Cc1ccc(-c2ccc(C(=O)OC(C)(C)C)cc2)c(OCC(F)(F)F)c1. The minimum atomic E-state index is -4.44. The van der Waals surface area contributed by atoms with Crippen LogP contribution < -0.4 is 4.74 Å². The van der Waals surface area contributed by atoms with Gasteiger partial charge in [0.2, 0.25) is 0 Å². The summed E-state index contributed by atoms with van der Waals surface area (Å²) in [4.78, 5) is 12.1. The van der Waals surface area contributed by atoms with Gasteiger partial charge in [0, 0.05) is 5.56 Å². The van der Waals surface area contributed by atoms with Crippen molar-refractivity contribution in [2.24, 2.45) is 0 Å². The van der Waals surface area contributed by atoms with Crippen molar-refractivity contribution < 1.29 is 27.4 Å². The van der Waals surface area contributed by atoms with Crippen molar-refractivity contribution in [1.29, 1.82) is 0 Å². The second kappa shape index (κ2) is 7.86. The van der Waals surface area contributed by atoms with E-state index in [1.807, 2.05) is 0 Å². The summed E-state index contributed by atoms with van der Waals surface area (Å²) in [5, 5.41) is 0. The molecule has 0 saturated heterocycles. The first-order chi connectivity index (χ1) is 12.5. The lowest BCUT2D eigenvalue weighted by Crippen LogP contribution is -2.23. The Morgan fingerprint density at radius 3 is 2.22 bits per heavy atom. The molecule has 0 N–H and O–H groups in total. The number of esters is 1. The minimum absolute atomic E-state index is 0.0924. The molecule has 0 aromatic heterocycles. The Morgan fingerprint density at radius 1 is 1.07 bits per heavy atom. The van der Waals surface area contributed by atoms with Gasteiger partial charge in [-0.3, -0.25) is 0 Å². The first-order valence-electron chi connectivity index (χ1n) is 8.28. The molecule has 2 rings (SSSR count). The van der Waals surface area contributed by atoms with Crippen LogP contribution in [0, 0.1) is 0 Å². The first-order valence-corrected chi connectivity index (χ1v) is 8.28. The molecule has 0 radical (unpaired) electrons. The molecular formula is C21H21F3O3. The maximum absolute atomic E-state index is 12.5. The Kier molecular flexibility index (Phi) is 5.98. The Hall–Kier alpha value is -2.76. The van der Waals surface area contributed by atoms with Gasteiger partial charge in [0.1, 0.15) is 11.4 Å². The fourth-order valence-corrected chi connectivity index (χ4v) is 2.31. The number of rotatable bonds is 5. The Bertz CT molecular complexity index is 816. The van der Waals surface area contributed by atoms with Gasteiger partial charge in [-0.05, 0) is 50.1 Å². The van der Waals surface area contributed by atoms with E-state index in [-0.39, 0.29) is 5.75 Å². The van der Waals surface area contributed by atoms with E-state index in [1.54, 1.807) is 57.2 Å². The summed E-state index contributed by atoms with van der Waals surface area (Å²) in [6.45, 7) is 7.53. The zero-order valence-corrected chi connectivity index (χ0v) is 15.4. The number of alkyl halides is 3. The van der Waals surface area contributed by atoms with Crippen molar-refractivity contribution >= 4 is 12.0 Å². The van der Waals surface area contributed by atoms with Gasteiger partial charge in [0.05, 0.1) is 5.56 Å². The van der Waals surface area contributed by atoms with Gasteiger partial charge >= 0.3 is 12.1 Å². The highest BCUT2D eigenvalue weighted by atomic mass is 19.4. The van der Waals surface area contributed by atoms with Gasteiger partial charge in [-0.2, -0.15) is 13.2 Å². The molecule has 0 amide bonds. The van der Waals surface area contributed by atoms with E-state index in [2.05, 4.69) is 6.58 Å². The van der Waals surface area contributed by atoms with Crippen molar-refractivity contribution in [1.82, 2.24) is 0 Å². The van der Waals surface area contributed by atoms with Crippen LogP contribution >= 0.6 is 0 Å². The standard InChI is InChI=1S/C21H21F3O3/c1-5-14-6-11-17(18(12-14)26-13-21(22,23)24)15-7-9-16(10-8-15)19(25)27-20(2,3)4/h5-12H,1,13H2,2-4H3. The van der Waals surface area contributed by atoms with Crippen molar-refractivity contribution in [3.05, 3.63) is 60.2 Å². The summed E-state index contributed by atoms with van der Waals surface area (Å²) in [5.74, 6) is -0.376. The summed E-state index contributed by atoms with van der Waals surface area (Å²) >= 11 is 0. The fraction of sp³-hybridized carbons (Fsp3) is 0.286. The Labute approximate surface area is 156 Å². The molecule has 0 spiro atoms. The molecule has 144 valence electrons. The lowest BCUT2D eigenvalue weighted by molar-refractivity contribution is -0.153. The average molecular weight is 378 g/mol. The number of carbonyl (C=O) groups excluding carboxylic acids is 1. The molecule has 0 aliphatic carbocycles. The number of carbonyl (C=O) groups is 1. The maximum atomic E-state index is 12.5. The summed E-state index contributed by atoms with van der Waals surface area (Å²) in [7, 11) is 0. The monoisotopic (exact) mass is 378 g/mol. The Morgan fingerprint density at radius 2 is 1.70 bits per heavy atom. The van der Waals surface area contributed by atoms with Crippen molar-refractivity contribution in [2.45, 2.75) is 32.5 Å². The van der Waals surface area contributed by atoms with Gasteiger partial charge in [0.25, 0.3) is 0 Å². The van der Waals surface area contributed by atoms with E-state index < -0.39 is 24.4 Å². The lowest BCUT2D eigenvalue weighted by Gasteiger charge is -2.19. The van der Waals surface area contributed by atoms with E-state index >= 15 is 0 Å². The second-order valence-corrected chi connectivity index (χ2v) is 6.94. The van der Waals surface area contributed by atoms with Crippen molar-refractivity contribution in [2.75, 3.05) is 6.61 Å². The fourth-order valence-electron chi connectivity index (χ4n) is 2.31. The molecule has 0 aliphatic heterocycles. The zero-order valence-electron chi connectivity index (χ0n) is 15.4. The molecule has 0 heterocycles. The molecule has 0 fully saturated rings. The Balaban J connectivity index is 2.31. The second-order valence-electron chi connectivity index (χ2n) is 6.94. The third kappa shape index (κ3) is 6.16. The molecule has 0 aliphatic rings. The molecule has 2 aromatic rings. The molecule has 0 atom stereocenters. The largest absolute Gasteiger partial charge is 0.483 e. The first kappa shape index (κ1) is 20.6. The highest BCUT2D eigenvalue weighted by Gasteiger charge is 2.29. The third-order valence-electron chi connectivity index (χ3n) is 3.46. The van der Waals surface area contributed by atoms with Gasteiger partial charge in [-0.15, -0.1) is 0 Å². The van der Waals surface area contributed by atoms with E-state index in [9.17, 15) is 18.0 Å². The molecule has 27 heavy (non-hydrogen) atoms. The average Bonchev–Trinajstić information content (AvgIpc) is 2.57. The minimum Gasteiger partial charge on any atom is -0.483 e. The molecule has 0 unspecified atom stereocenters. The molecule has 0 bridgehead atoms. The molecule has 6 heteroatoms. The predicted molar refractivity (Wildman–Crippen MR) is 98.7 cm³/mol. The van der Waals surface area contributed by atoms with Crippen LogP contribution in [0.5, 0.6) is 5.75 Å². The van der Waals surface area contributed by atoms with Crippen molar-refractivity contribution in [3.8, 4) is 16.9 Å². The summed E-state index contributed by atoms with van der Waals surface area (Å²) in [6, 6.07) is 11.3. The quantitative estimate of drug-likeness (QED) is 0.608. The van der Waals surface area contributed by atoms with Gasteiger partial charge < -0.3 is 9.47 Å². The van der Waals surface area contributed by atoms with Gasteiger partial charge in [-0.25, -0.2) is 4.79 Å². The van der Waals surface area contributed by atoms with Crippen LogP contribution in [0.2, 0.25) is 0 Å². The number of halogens is 3. The van der Waals surface area contributed by atoms with Crippen LogP contribution in [0.1, 0.15) is 36.7 Å². The van der Waals surface area contributed by atoms with Crippen LogP contribution in [0.25, 0.3) is 17.2 Å². The van der Waals surface area contributed by atoms with Crippen LogP contribution in [-0.4, -0.2) is 24.4 Å². The van der Waals surface area contributed by atoms with E-state index in [4.69, 9.17) is 9.47 Å². The molecular weight excluding hydrogens is 357 g/mol. The van der Waals surface area contributed by atoms with E-state index in [0.29, 0.717) is 22.3 Å². The highest BCUT2D eigenvalue weighted by molar-refractivity contribution is 5.90. The third-order valence-corrected chi connectivity index (χ3v) is 3.46. The maximum Gasteiger partial charge on any atom is 0.422 e. The number of benzene rings is 2. The van der Waals surface area contributed by atoms with Crippen LogP contribution in [0.15, 0.2) is 49.0 Å². The number of hydrogen-bond acceptors (Lipinski definition) is 3. The number of hydrogen-bond donors (Lipinski definition) is 0. The highest BCUT2D eigenvalue weighted by Crippen LogP contribution is 2.33. The summed E-state index contributed by atoms with van der Waals surface area (Å²) < 4.78 is 47.9. The van der Waals surface area contributed by atoms with Gasteiger partial charge in [-0.1, -0.05) is 36.9 Å². The molecule has 2 aromatic carbocycles. The van der Waals surface area contributed by atoms with Crippen molar-refractivity contribution in [3.63, 3.8) is 0 Å². The zero-order chi connectivity index (χ0) is 20.2. The summed E-state index contributed by atoms with van der Waals surface area (Å²) in [6.07, 6.45) is -2.92. The normalized spacial score (nSPS) is 11.8. The lowest BCUT2D eigenvalue weighted by atomic mass is 10.0. The van der Waals surface area contributed by atoms with Crippen LogP contribution in [0.3, 0.4) is 0 Å². The topological polar surface area (TPSA) is 35.5 Å². The molecule has 0 saturated carbocycles. The van der Waals surface area contributed by atoms with E-state index in [1.165, 1.54) is 12.1 Å². The molecule has 3 nitrogen and oxygen atoms in total. The van der Waals surface area contributed by atoms with Crippen LogP contribution in [0.4, 0.5) is 13.2 Å².